The molecule has 0 aromatic heterocycles. The Hall–Kier alpha value is -0.940. The smallest absolute Gasteiger partial charge is 0.191 e. The summed E-state index contributed by atoms with van der Waals surface area (Å²) in [5.74, 6) is 1.51. The zero-order valence-electron chi connectivity index (χ0n) is 20.2. The summed E-state index contributed by atoms with van der Waals surface area (Å²) in [6, 6.07) is 12.3. The molecule has 3 saturated heterocycles. The number of hydrogen-bond acceptors (Lipinski definition) is 5. The van der Waals surface area contributed by atoms with E-state index in [-0.39, 0.29) is 24.0 Å². The number of halogens is 1. The monoisotopic (exact) mass is 571 g/mol. The molecule has 1 aromatic rings. The van der Waals surface area contributed by atoms with Crippen LogP contribution in [0.25, 0.3) is 0 Å². The maximum Gasteiger partial charge on any atom is 0.191 e. The van der Waals surface area contributed by atoms with Crippen LogP contribution >= 0.6 is 24.0 Å². The highest BCUT2D eigenvalue weighted by molar-refractivity contribution is 14.0. The van der Waals surface area contributed by atoms with Crippen LogP contribution in [0.5, 0.6) is 0 Å². The lowest BCUT2D eigenvalue weighted by Gasteiger charge is -2.39. The lowest BCUT2D eigenvalue weighted by Crippen LogP contribution is -2.55. The van der Waals surface area contributed by atoms with Crippen LogP contribution in [-0.2, 0) is 16.0 Å². The summed E-state index contributed by atoms with van der Waals surface area (Å²) in [6.45, 7) is 10.8. The Balaban J connectivity index is 0.00000306. The zero-order valence-corrected chi connectivity index (χ0v) is 22.6. The molecule has 2 N–H and O–H groups in total. The molecule has 4 unspecified atom stereocenters. The lowest BCUT2D eigenvalue weighted by molar-refractivity contribution is 0.00244. The quantitative estimate of drug-likeness (QED) is 0.298. The van der Waals surface area contributed by atoms with E-state index in [2.05, 4.69) is 62.7 Å². The largest absolute Gasteiger partial charge is 0.381 e. The van der Waals surface area contributed by atoms with E-state index in [0.29, 0.717) is 24.0 Å². The third-order valence-electron chi connectivity index (χ3n) is 7.31. The molecule has 0 radical (unpaired) electrons. The van der Waals surface area contributed by atoms with Gasteiger partial charge in [-0.05, 0) is 31.7 Å². The molecule has 7 nitrogen and oxygen atoms in total. The molecule has 1 aromatic carbocycles. The summed E-state index contributed by atoms with van der Waals surface area (Å²) in [5.41, 5.74) is 1.40. The van der Waals surface area contributed by atoms with Crippen molar-refractivity contribution < 1.29 is 9.47 Å². The van der Waals surface area contributed by atoms with Gasteiger partial charge < -0.3 is 20.1 Å². The van der Waals surface area contributed by atoms with Crippen molar-refractivity contribution in [3.63, 3.8) is 0 Å². The van der Waals surface area contributed by atoms with Crippen molar-refractivity contribution in [2.45, 2.75) is 50.9 Å². The summed E-state index contributed by atoms with van der Waals surface area (Å²) >= 11 is 0. The van der Waals surface area contributed by atoms with Crippen molar-refractivity contribution in [1.29, 1.82) is 0 Å². The third-order valence-corrected chi connectivity index (χ3v) is 7.31. The highest BCUT2D eigenvalue weighted by Gasteiger charge is 2.32. The number of benzene rings is 1. The van der Waals surface area contributed by atoms with Gasteiger partial charge in [0.25, 0.3) is 0 Å². The van der Waals surface area contributed by atoms with E-state index >= 15 is 0 Å². The van der Waals surface area contributed by atoms with Crippen LogP contribution < -0.4 is 10.6 Å². The predicted molar refractivity (Wildman–Crippen MR) is 144 cm³/mol. The number of nitrogens with zero attached hydrogens (tertiary/aromatic N) is 3. The molecule has 0 bridgehead atoms. The maximum atomic E-state index is 5.71. The molecule has 3 aliphatic rings. The number of morpholine rings is 1. The first kappa shape index (κ1) is 26.7. The van der Waals surface area contributed by atoms with Crippen LogP contribution in [0.3, 0.4) is 0 Å². The fourth-order valence-electron chi connectivity index (χ4n) is 5.35. The molecule has 4 rings (SSSR count). The van der Waals surface area contributed by atoms with E-state index in [0.717, 1.165) is 84.4 Å². The highest BCUT2D eigenvalue weighted by Crippen LogP contribution is 2.22. The van der Waals surface area contributed by atoms with Gasteiger partial charge in [-0.15, -0.1) is 24.0 Å². The van der Waals surface area contributed by atoms with Gasteiger partial charge in [0.15, 0.2) is 5.96 Å². The van der Waals surface area contributed by atoms with Gasteiger partial charge in [-0.2, -0.15) is 0 Å². The number of guanidine groups is 1. The van der Waals surface area contributed by atoms with Crippen molar-refractivity contribution in [1.82, 2.24) is 20.4 Å². The van der Waals surface area contributed by atoms with Crippen molar-refractivity contribution in [2.24, 2.45) is 10.9 Å². The zero-order chi connectivity index (χ0) is 22.2. The lowest BCUT2D eigenvalue weighted by atomic mass is 9.96. The number of likely N-dealkylation sites (tertiary alicyclic amines) is 1. The summed E-state index contributed by atoms with van der Waals surface area (Å²) in [5, 5.41) is 7.35. The minimum absolute atomic E-state index is 0. The van der Waals surface area contributed by atoms with E-state index in [4.69, 9.17) is 9.47 Å². The van der Waals surface area contributed by atoms with Crippen molar-refractivity contribution in [3.05, 3.63) is 35.9 Å². The molecule has 186 valence electrons. The standard InChI is InChI=1S/C25H41N5O2.HI/c1-20-16-23(8-10-30(20)18-21-6-4-3-5-7-21)28-25(26-2)27-17-24(22-9-13-32-19-22)29-11-14-31-15-12-29;/h3-7,20,22-24H,8-19H2,1-2H3,(H2,26,27,28);1H. The molecule has 0 saturated carbocycles. The van der Waals surface area contributed by atoms with Gasteiger partial charge in [-0.3, -0.25) is 14.8 Å². The van der Waals surface area contributed by atoms with E-state index < -0.39 is 0 Å². The molecule has 8 heteroatoms. The highest BCUT2D eigenvalue weighted by atomic mass is 127. The molecular weight excluding hydrogens is 529 g/mol. The minimum Gasteiger partial charge on any atom is -0.381 e. The first-order valence-corrected chi connectivity index (χ1v) is 12.4. The summed E-state index contributed by atoms with van der Waals surface area (Å²) in [7, 11) is 1.88. The Morgan fingerprint density at radius 2 is 1.88 bits per heavy atom. The molecule has 0 aliphatic carbocycles. The fraction of sp³-hybridized carbons (Fsp3) is 0.720. The van der Waals surface area contributed by atoms with Gasteiger partial charge >= 0.3 is 0 Å². The SMILES string of the molecule is CN=C(NCC(C1CCOC1)N1CCOCC1)NC1CCN(Cc2ccccc2)C(C)C1.I. The summed E-state index contributed by atoms with van der Waals surface area (Å²) in [6.07, 6.45) is 3.42. The normalized spacial score (nSPS) is 28.2. The average Bonchev–Trinajstić information content (AvgIpc) is 3.36. The van der Waals surface area contributed by atoms with Gasteiger partial charge in [0.2, 0.25) is 0 Å². The number of rotatable bonds is 7. The van der Waals surface area contributed by atoms with Crippen LogP contribution in [0.1, 0.15) is 31.7 Å². The van der Waals surface area contributed by atoms with E-state index in [1.54, 1.807) is 0 Å². The first-order valence-electron chi connectivity index (χ1n) is 12.4. The summed E-state index contributed by atoms with van der Waals surface area (Å²) in [4.78, 5) is 9.72. The van der Waals surface area contributed by atoms with Gasteiger partial charge in [0, 0.05) is 70.4 Å². The Kier molecular flexibility index (Phi) is 11.2. The molecule has 3 heterocycles. The first-order chi connectivity index (χ1) is 15.7. The van der Waals surface area contributed by atoms with Gasteiger partial charge in [-0.1, -0.05) is 30.3 Å². The van der Waals surface area contributed by atoms with Crippen LogP contribution in [0.2, 0.25) is 0 Å². The molecule has 4 atom stereocenters. The number of piperidine rings is 1. The van der Waals surface area contributed by atoms with Crippen LogP contribution in [-0.4, -0.2) is 93.5 Å². The molecule has 0 spiro atoms. The van der Waals surface area contributed by atoms with Crippen molar-refractivity contribution in [2.75, 3.05) is 59.7 Å². The number of hydrogen-bond donors (Lipinski definition) is 2. The number of aliphatic imine (C=N–C) groups is 1. The predicted octanol–water partition coefficient (Wildman–Crippen LogP) is 2.56. The van der Waals surface area contributed by atoms with Crippen molar-refractivity contribution >= 4 is 29.9 Å². The Morgan fingerprint density at radius 3 is 2.55 bits per heavy atom. The second-order valence-electron chi connectivity index (χ2n) is 9.46. The van der Waals surface area contributed by atoms with Gasteiger partial charge in [0.1, 0.15) is 0 Å². The second kappa shape index (κ2) is 13.8. The summed E-state index contributed by atoms with van der Waals surface area (Å²) < 4.78 is 11.3. The van der Waals surface area contributed by atoms with Crippen LogP contribution in [0.15, 0.2) is 35.3 Å². The maximum absolute atomic E-state index is 5.71. The Bertz CT molecular complexity index is 710. The Morgan fingerprint density at radius 1 is 1.09 bits per heavy atom. The minimum atomic E-state index is 0. The molecule has 3 aliphatic heterocycles. The topological polar surface area (TPSA) is 61.4 Å². The number of ether oxygens (including phenoxy) is 2. The van der Waals surface area contributed by atoms with E-state index in [1.807, 2.05) is 7.05 Å². The molecule has 3 fully saturated rings. The van der Waals surface area contributed by atoms with E-state index in [1.165, 1.54) is 5.56 Å². The van der Waals surface area contributed by atoms with Gasteiger partial charge in [-0.25, -0.2) is 0 Å². The van der Waals surface area contributed by atoms with E-state index in [9.17, 15) is 0 Å². The van der Waals surface area contributed by atoms with Crippen LogP contribution in [0, 0.1) is 5.92 Å². The molecular formula is C25H42IN5O2. The second-order valence-corrected chi connectivity index (χ2v) is 9.46. The number of nitrogens with one attached hydrogen (secondary N) is 2. The Labute approximate surface area is 216 Å². The molecule has 0 amide bonds. The van der Waals surface area contributed by atoms with Crippen molar-refractivity contribution in [3.8, 4) is 0 Å². The third kappa shape index (κ3) is 7.78. The van der Waals surface area contributed by atoms with Crippen LogP contribution in [0.4, 0.5) is 0 Å². The molecule has 33 heavy (non-hydrogen) atoms. The van der Waals surface area contributed by atoms with Gasteiger partial charge in [0.05, 0.1) is 19.8 Å². The average molecular weight is 572 g/mol. The fourth-order valence-corrected chi connectivity index (χ4v) is 5.35.